The fourth-order valence-electron chi connectivity index (χ4n) is 5.62. The Balaban J connectivity index is 1.24. The number of nitrogens with one attached hydrogen (secondary N) is 2. The predicted octanol–water partition coefficient (Wildman–Crippen LogP) is 4.91. The monoisotopic (exact) mass is 452 g/mol. The average molecular weight is 453 g/mol. The Morgan fingerprint density at radius 2 is 1.77 bits per heavy atom. The van der Waals surface area contributed by atoms with Crippen LogP contribution in [0.4, 0.5) is 10.5 Å². The van der Waals surface area contributed by atoms with Crippen molar-refractivity contribution in [3.05, 3.63) is 28.2 Å². The molecule has 0 spiro atoms. The van der Waals surface area contributed by atoms with Gasteiger partial charge in [0.2, 0.25) is 0 Å². The standard InChI is InChI=1S/C23H34Cl2N4O/c1-2-26-23(30)27-17-8-6-16(7-9-17)12-13-28-14-18-10-11-19(15-28)29(18)21-5-3-4-20(24)22(21)25/h3-5,16-19H,2,6-15H2,1H3,(H2,26,27,30)/t16?,17?,18-,19+. The zero-order valence-corrected chi connectivity index (χ0v) is 19.4. The van der Waals surface area contributed by atoms with E-state index in [0.717, 1.165) is 37.5 Å². The van der Waals surface area contributed by atoms with E-state index in [0.29, 0.717) is 34.7 Å². The number of amides is 2. The number of fused-ring (bicyclic) bond motifs is 2. The Kier molecular flexibility index (Phi) is 7.32. The molecule has 7 heteroatoms. The van der Waals surface area contributed by atoms with Crippen molar-refractivity contribution in [1.82, 2.24) is 15.5 Å². The number of halogens is 2. The maximum absolute atomic E-state index is 11.7. The fourth-order valence-corrected chi connectivity index (χ4v) is 6.01. The van der Waals surface area contributed by atoms with Crippen LogP contribution in [0.25, 0.3) is 0 Å². The molecule has 0 unspecified atom stereocenters. The lowest BCUT2D eigenvalue weighted by Gasteiger charge is -2.43. The molecule has 166 valence electrons. The van der Waals surface area contributed by atoms with E-state index in [1.54, 1.807) is 0 Å². The fraction of sp³-hybridized carbons (Fsp3) is 0.696. The molecular formula is C23H34Cl2N4O. The van der Waals surface area contributed by atoms with Crippen LogP contribution in [0.3, 0.4) is 0 Å². The minimum atomic E-state index is -0.0193. The number of anilines is 1. The van der Waals surface area contributed by atoms with E-state index in [1.807, 2.05) is 19.1 Å². The second-order valence-corrected chi connectivity index (χ2v) is 9.92. The van der Waals surface area contributed by atoms with Gasteiger partial charge in [-0.05, 0) is 76.5 Å². The molecule has 2 saturated heterocycles. The second kappa shape index (κ2) is 9.97. The molecule has 3 fully saturated rings. The molecule has 2 amide bonds. The zero-order valence-electron chi connectivity index (χ0n) is 17.9. The Morgan fingerprint density at radius 1 is 1.07 bits per heavy atom. The summed E-state index contributed by atoms with van der Waals surface area (Å²) in [5.74, 6) is 0.787. The molecule has 2 aliphatic heterocycles. The summed E-state index contributed by atoms with van der Waals surface area (Å²) in [7, 11) is 0. The second-order valence-electron chi connectivity index (χ2n) is 9.13. The first kappa shape index (κ1) is 22.0. The molecule has 2 atom stereocenters. The van der Waals surface area contributed by atoms with E-state index in [4.69, 9.17) is 23.2 Å². The van der Waals surface area contributed by atoms with Crippen LogP contribution in [-0.2, 0) is 0 Å². The highest BCUT2D eigenvalue weighted by molar-refractivity contribution is 6.43. The molecule has 2 heterocycles. The van der Waals surface area contributed by atoms with Crippen LogP contribution >= 0.6 is 23.2 Å². The highest BCUT2D eigenvalue weighted by Crippen LogP contribution is 2.41. The number of nitrogens with zero attached hydrogens (tertiary/aromatic N) is 2. The smallest absolute Gasteiger partial charge is 0.314 e. The number of urea groups is 1. The van der Waals surface area contributed by atoms with Gasteiger partial charge in [0.25, 0.3) is 0 Å². The molecule has 5 nitrogen and oxygen atoms in total. The number of rotatable bonds is 6. The van der Waals surface area contributed by atoms with E-state index >= 15 is 0 Å². The normalized spacial score (nSPS) is 29.1. The quantitative estimate of drug-likeness (QED) is 0.643. The SMILES string of the molecule is CCNC(=O)NC1CCC(CCN2C[C@H]3CC[C@@H](C2)N3c2cccc(Cl)c2Cl)CC1. The van der Waals surface area contributed by atoms with Crippen LogP contribution < -0.4 is 15.5 Å². The average Bonchev–Trinajstić information content (AvgIpc) is 2.99. The van der Waals surface area contributed by atoms with Gasteiger partial charge in [-0.15, -0.1) is 0 Å². The van der Waals surface area contributed by atoms with E-state index in [9.17, 15) is 4.79 Å². The van der Waals surface area contributed by atoms with E-state index in [-0.39, 0.29) is 6.03 Å². The molecule has 2 bridgehead atoms. The molecule has 30 heavy (non-hydrogen) atoms. The highest BCUT2D eigenvalue weighted by atomic mass is 35.5. The Morgan fingerprint density at radius 3 is 2.43 bits per heavy atom. The summed E-state index contributed by atoms with van der Waals surface area (Å²) in [4.78, 5) is 16.9. The molecule has 3 aliphatic rings. The van der Waals surface area contributed by atoms with Crippen LogP contribution in [0, 0.1) is 5.92 Å². The maximum Gasteiger partial charge on any atom is 0.314 e. The largest absolute Gasteiger partial charge is 0.362 e. The van der Waals surface area contributed by atoms with Gasteiger partial charge >= 0.3 is 6.03 Å². The van der Waals surface area contributed by atoms with Crippen molar-refractivity contribution < 1.29 is 4.79 Å². The van der Waals surface area contributed by atoms with Crippen LogP contribution in [0.1, 0.15) is 51.9 Å². The lowest BCUT2D eigenvalue weighted by molar-refractivity contribution is 0.187. The summed E-state index contributed by atoms with van der Waals surface area (Å²) < 4.78 is 0. The number of piperazine rings is 1. The summed E-state index contributed by atoms with van der Waals surface area (Å²) in [6, 6.07) is 7.39. The van der Waals surface area contributed by atoms with Crippen molar-refractivity contribution >= 4 is 34.9 Å². The Bertz CT molecular complexity index is 724. The van der Waals surface area contributed by atoms with Crippen molar-refractivity contribution in [2.24, 2.45) is 5.92 Å². The third-order valence-corrected chi connectivity index (χ3v) is 7.95. The number of hydrogen-bond acceptors (Lipinski definition) is 3. The lowest BCUT2D eigenvalue weighted by atomic mass is 9.84. The summed E-state index contributed by atoms with van der Waals surface area (Å²) in [5.41, 5.74) is 1.11. The topological polar surface area (TPSA) is 47.6 Å². The van der Waals surface area contributed by atoms with Crippen molar-refractivity contribution in [2.45, 2.75) is 70.0 Å². The number of carbonyl (C=O) groups is 1. The van der Waals surface area contributed by atoms with Gasteiger partial charge in [0.15, 0.2) is 0 Å². The molecule has 1 saturated carbocycles. The Hall–Kier alpha value is -1.17. The first-order valence-electron chi connectivity index (χ1n) is 11.5. The summed E-state index contributed by atoms with van der Waals surface area (Å²) >= 11 is 12.8. The summed E-state index contributed by atoms with van der Waals surface area (Å²) in [6.45, 7) is 6.05. The first-order valence-corrected chi connectivity index (χ1v) is 12.3. The minimum absolute atomic E-state index is 0.0193. The van der Waals surface area contributed by atoms with Gasteiger partial charge in [-0.3, -0.25) is 4.90 Å². The van der Waals surface area contributed by atoms with Crippen molar-refractivity contribution in [3.63, 3.8) is 0 Å². The third-order valence-electron chi connectivity index (χ3n) is 7.14. The van der Waals surface area contributed by atoms with Gasteiger partial charge in [0.1, 0.15) is 0 Å². The molecular weight excluding hydrogens is 419 g/mol. The van der Waals surface area contributed by atoms with Crippen molar-refractivity contribution in [3.8, 4) is 0 Å². The molecule has 1 aromatic carbocycles. The van der Waals surface area contributed by atoms with Crippen LogP contribution in [0.5, 0.6) is 0 Å². The highest BCUT2D eigenvalue weighted by Gasteiger charge is 2.40. The van der Waals surface area contributed by atoms with Crippen molar-refractivity contribution in [2.75, 3.05) is 31.1 Å². The molecule has 0 aromatic heterocycles. The summed E-state index contributed by atoms with van der Waals surface area (Å²) in [5, 5.41) is 7.28. The summed E-state index contributed by atoms with van der Waals surface area (Å²) in [6.07, 6.45) is 8.40. The predicted molar refractivity (Wildman–Crippen MR) is 125 cm³/mol. The van der Waals surface area contributed by atoms with Gasteiger partial charge < -0.3 is 15.5 Å². The number of carbonyl (C=O) groups excluding carboxylic acids is 1. The van der Waals surface area contributed by atoms with E-state index in [2.05, 4.69) is 26.5 Å². The number of likely N-dealkylation sites (tertiary alicyclic amines) is 1. The van der Waals surface area contributed by atoms with Crippen LogP contribution in [0.2, 0.25) is 10.0 Å². The van der Waals surface area contributed by atoms with Crippen molar-refractivity contribution in [1.29, 1.82) is 0 Å². The van der Waals surface area contributed by atoms with E-state index < -0.39 is 0 Å². The third kappa shape index (κ3) is 5.00. The number of hydrogen-bond donors (Lipinski definition) is 2. The van der Waals surface area contributed by atoms with Gasteiger partial charge in [0, 0.05) is 37.8 Å². The molecule has 1 aliphatic carbocycles. The van der Waals surface area contributed by atoms with Crippen LogP contribution in [-0.4, -0.2) is 55.2 Å². The van der Waals surface area contributed by atoms with Crippen LogP contribution in [0.15, 0.2) is 18.2 Å². The first-order chi connectivity index (χ1) is 14.5. The maximum atomic E-state index is 11.7. The Labute approximate surface area is 190 Å². The van der Waals surface area contributed by atoms with Gasteiger partial charge in [-0.2, -0.15) is 0 Å². The zero-order chi connectivity index (χ0) is 21.1. The molecule has 1 aromatic rings. The van der Waals surface area contributed by atoms with E-state index in [1.165, 1.54) is 38.6 Å². The lowest BCUT2D eigenvalue weighted by Crippen LogP contribution is -2.54. The molecule has 2 N–H and O–H groups in total. The molecule has 4 rings (SSSR count). The molecule has 0 radical (unpaired) electrons. The minimum Gasteiger partial charge on any atom is -0.362 e. The van der Waals surface area contributed by atoms with Gasteiger partial charge in [-0.25, -0.2) is 4.79 Å². The van der Waals surface area contributed by atoms with Gasteiger partial charge in [-0.1, -0.05) is 29.3 Å². The van der Waals surface area contributed by atoms with Gasteiger partial charge in [0.05, 0.1) is 15.7 Å². The number of benzene rings is 1.